The zero-order valence-electron chi connectivity index (χ0n) is 35.9. The molecule has 0 N–H and O–H groups in total. The number of nitrogens with zero attached hydrogens (tertiary/aromatic N) is 4. The maximum atomic E-state index is 5.47. The molecule has 65 heavy (non-hydrogen) atoms. The standard InChI is InChI=1S/C61H40N4/c1-61(2)50-26-8-5-21-42(50)45-24-15-25-47(57(45)61)59-58(62-51-27-9-10-28-52(51)63-59)39-18-13-19-40(34-39)64-53-29-11-7-23-44(53)49-36-48-38(35-56(49)64)17-14-31-55(48)65-54-30-12-6-22-43(54)46-33-32-37-16-3-4-20-41(37)60(46)65/h3-36H,1-2H3. The summed E-state index contributed by atoms with van der Waals surface area (Å²) in [6.07, 6.45) is 0. The molecule has 0 saturated heterocycles. The molecule has 10 aromatic carbocycles. The Morgan fingerprint density at radius 3 is 1.86 bits per heavy atom. The van der Waals surface area contributed by atoms with Crippen LogP contribution in [0.1, 0.15) is 25.0 Å². The average molecular weight is 829 g/mol. The fraction of sp³-hybridized carbons (Fsp3) is 0.0492. The van der Waals surface area contributed by atoms with E-state index in [1.54, 1.807) is 0 Å². The van der Waals surface area contributed by atoms with Crippen molar-refractivity contribution in [2.45, 2.75) is 19.3 Å². The zero-order valence-corrected chi connectivity index (χ0v) is 35.9. The Bertz CT molecular complexity index is 4160. The molecule has 0 amide bonds. The van der Waals surface area contributed by atoms with Gasteiger partial charge in [0.2, 0.25) is 0 Å². The SMILES string of the molecule is CC1(C)c2ccccc2-c2cccc(-c3nc4ccccc4nc3-c3cccc(-n4c5ccccc5c5cc6c(-n7c8ccccc8c8ccc9ccccc9c87)cccc6cc54)c3)c21. The number of hydrogen-bond donors (Lipinski definition) is 0. The van der Waals surface area contributed by atoms with Gasteiger partial charge in [-0.15, -0.1) is 0 Å². The molecule has 13 aromatic rings. The van der Waals surface area contributed by atoms with Gasteiger partial charge in [-0.2, -0.15) is 0 Å². The second-order valence-electron chi connectivity index (χ2n) is 18.1. The van der Waals surface area contributed by atoms with Crippen molar-refractivity contribution < 1.29 is 0 Å². The number of rotatable bonds is 4. The van der Waals surface area contributed by atoms with Crippen molar-refractivity contribution in [3.05, 3.63) is 217 Å². The van der Waals surface area contributed by atoms with E-state index < -0.39 is 0 Å². The van der Waals surface area contributed by atoms with Crippen LogP contribution in [0, 0.1) is 0 Å². The molecule has 0 aliphatic heterocycles. The van der Waals surface area contributed by atoms with Crippen LogP contribution in [-0.2, 0) is 5.41 Å². The highest BCUT2D eigenvalue weighted by Crippen LogP contribution is 2.53. The number of aromatic nitrogens is 4. The Morgan fingerprint density at radius 2 is 1.02 bits per heavy atom. The molecule has 304 valence electrons. The number of hydrogen-bond acceptors (Lipinski definition) is 2. The first-order chi connectivity index (χ1) is 32.0. The first kappa shape index (κ1) is 36.2. The van der Waals surface area contributed by atoms with Crippen molar-refractivity contribution in [1.29, 1.82) is 0 Å². The minimum atomic E-state index is -0.212. The highest BCUT2D eigenvalue weighted by Gasteiger charge is 2.38. The van der Waals surface area contributed by atoms with E-state index in [9.17, 15) is 0 Å². The first-order valence-corrected chi connectivity index (χ1v) is 22.5. The first-order valence-electron chi connectivity index (χ1n) is 22.5. The van der Waals surface area contributed by atoms with Crippen molar-refractivity contribution in [3.8, 4) is 45.0 Å². The van der Waals surface area contributed by atoms with Gasteiger partial charge in [-0.3, -0.25) is 0 Å². The second-order valence-corrected chi connectivity index (χ2v) is 18.1. The summed E-state index contributed by atoms with van der Waals surface area (Å²) in [6.45, 7) is 4.69. The van der Waals surface area contributed by atoms with E-state index in [1.807, 2.05) is 6.07 Å². The average Bonchev–Trinajstić information content (AvgIpc) is 3.95. The molecule has 1 aliphatic carbocycles. The topological polar surface area (TPSA) is 35.6 Å². The van der Waals surface area contributed by atoms with E-state index in [1.165, 1.54) is 82.1 Å². The maximum absolute atomic E-state index is 5.47. The monoisotopic (exact) mass is 828 g/mol. The molecule has 14 rings (SSSR count). The summed E-state index contributed by atoms with van der Waals surface area (Å²) in [4.78, 5) is 10.9. The lowest BCUT2D eigenvalue weighted by molar-refractivity contribution is 0.662. The largest absolute Gasteiger partial charge is 0.309 e. The van der Waals surface area contributed by atoms with E-state index in [-0.39, 0.29) is 5.41 Å². The molecule has 3 aromatic heterocycles. The summed E-state index contributed by atoms with van der Waals surface area (Å²) < 4.78 is 4.93. The molecule has 0 atom stereocenters. The van der Waals surface area contributed by atoms with Gasteiger partial charge >= 0.3 is 0 Å². The van der Waals surface area contributed by atoms with Gasteiger partial charge in [-0.05, 0) is 87.6 Å². The highest BCUT2D eigenvalue weighted by atomic mass is 15.0. The van der Waals surface area contributed by atoms with Gasteiger partial charge in [-0.1, -0.05) is 166 Å². The van der Waals surface area contributed by atoms with E-state index in [0.29, 0.717) is 0 Å². The smallest absolute Gasteiger partial charge is 0.0976 e. The normalized spacial score (nSPS) is 13.2. The summed E-state index contributed by atoms with van der Waals surface area (Å²) in [5.41, 5.74) is 17.7. The number of benzene rings is 10. The van der Waals surface area contributed by atoms with Crippen LogP contribution in [-0.4, -0.2) is 19.1 Å². The number of fused-ring (bicyclic) bond motifs is 13. The van der Waals surface area contributed by atoms with Crippen molar-refractivity contribution >= 4 is 76.2 Å². The molecule has 0 spiro atoms. The maximum Gasteiger partial charge on any atom is 0.0976 e. The van der Waals surface area contributed by atoms with Crippen LogP contribution in [0.15, 0.2) is 206 Å². The lowest BCUT2D eigenvalue weighted by Crippen LogP contribution is -2.16. The minimum Gasteiger partial charge on any atom is -0.309 e. The Kier molecular flexibility index (Phi) is 7.42. The lowest BCUT2D eigenvalue weighted by atomic mass is 9.79. The Labute approximate surface area is 375 Å². The Balaban J connectivity index is 0.996. The fourth-order valence-electron chi connectivity index (χ4n) is 11.4. The third-order valence-electron chi connectivity index (χ3n) is 14.2. The molecule has 0 fully saturated rings. The molecule has 0 bridgehead atoms. The molecule has 4 heteroatoms. The van der Waals surface area contributed by atoms with E-state index in [0.717, 1.165) is 50.3 Å². The molecule has 0 saturated carbocycles. The van der Waals surface area contributed by atoms with Crippen LogP contribution in [0.3, 0.4) is 0 Å². The van der Waals surface area contributed by atoms with E-state index in [2.05, 4.69) is 223 Å². The van der Waals surface area contributed by atoms with E-state index in [4.69, 9.17) is 9.97 Å². The van der Waals surface area contributed by atoms with Crippen LogP contribution in [0.2, 0.25) is 0 Å². The molecule has 0 radical (unpaired) electrons. The van der Waals surface area contributed by atoms with Crippen LogP contribution in [0.4, 0.5) is 0 Å². The molecular weight excluding hydrogens is 789 g/mol. The van der Waals surface area contributed by atoms with Gasteiger partial charge < -0.3 is 9.13 Å². The van der Waals surface area contributed by atoms with Crippen molar-refractivity contribution in [2.24, 2.45) is 0 Å². The molecular formula is C61H40N4. The summed E-state index contributed by atoms with van der Waals surface area (Å²) in [5.74, 6) is 0. The summed E-state index contributed by atoms with van der Waals surface area (Å²) in [7, 11) is 0. The van der Waals surface area contributed by atoms with Crippen LogP contribution in [0.25, 0.3) is 121 Å². The van der Waals surface area contributed by atoms with Gasteiger partial charge in [0.05, 0.1) is 50.2 Å². The molecule has 3 heterocycles. The van der Waals surface area contributed by atoms with Crippen molar-refractivity contribution in [1.82, 2.24) is 19.1 Å². The Hall–Kier alpha value is -8.34. The molecule has 4 nitrogen and oxygen atoms in total. The van der Waals surface area contributed by atoms with Crippen LogP contribution in [0.5, 0.6) is 0 Å². The summed E-state index contributed by atoms with van der Waals surface area (Å²) in [6, 6.07) is 75.2. The van der Waals surface area contributed by atoms with Crippen molar-refractivity contribution in [2.75, 3.05) is 0 Å². The zero-order chi connectivity index (χ0) is 43.0. The second kappa shape index (κ2) is 13.3. The minimum absolute atomic E-state index is 0.212. The lowest BCUT2D eigenvalue weighted by Gasteiger charge is -2.25. The third kappa shape index (κ3) is 5.08. The van der Waals surface area contributed by atoms with Gasteiger partial charge in [0.1, 0.15) is 0 Å². The van der Waals surface area contributed by atoms with Crippen LogP contribution < -0.4 is 0 Å². The number of para-hydroxylation sites is 4. The van der Waals surface area contributed by atoms with E-state index >= 15 is 0 Å². The van der Waals surface area contributed by atoms with Crippen molar-refractivity contribution in [3.63, 3.8) is 0 Å². The summed E-state index contributed by atoms with van der Waals surface area (Å²) >= 11 is 0. The van der Waals surface area contributed by atoms with Gasteiger partial charge in [0.25, 0.3) is 0 Å². The Morgan fingerprint density at radius 1 is 0.385 bits per heavy atom. The highest BCUT2D eigenvalue weighted by molar-refractivity contribution is 6.20. The van der Waals surface area contributed by atoms with Gasteiger partial charge in [0, 0.05) is 54.5 Å². The predicted octanol–water partition coefficient (Wildman–Crippen LogP) is 15.8. The summed E-state index contributed by atoms with van der Waals surface area (Å²) in [5, 5.41) is 9.83. The molecule has 1 aliphatic rings. The third-order valence-corrected chi connectivity index (χ3v) is 14.2. The van der Waals surface area contributed by atoms with Gasteiger partial charge in [0.15, 0.2) is 0 Å². The predicted molar refractivity (Wildman–Crippen MR) is 272 cm³/mol. The molecule has 0 unspecified atom stereocenters. The fourth-order valence-corrected chi connectivity index (χ4v) is 11.4. The van der Waals surface area contributed by atoms with Gasteiger partial charge in [-0.25, -0.2) is 9.97 Å². The quantitative estimate of drug-likeness (QED) is 0.177. The van der Waals surface area contributed by atoms with Crippen LogP contribution >= 0.6 is 0 Å².